The highest BCUT2D eigenvalue weighted by Crippen LogP contribution is 2.30. The second kappa shape index (κ2) is 8.44. The highest BCUT2D eigenvalue weighted by Gasteiger charge is 2.35. The van der Waals surface area contributed by atoms with Crippen LogP contribution in [-0.4, -0.2) is 34.0 Å². The predicted molar refractivity (Wildman–Crippen MR) is 101 cm³/mol. The van der Waals surface area contributed by atoms with E-state index in [1.165, 1.54) is 11.8 Å². The van der Waals surface area contributed by atoms with Gasteiger partial charge in [0.15, 0.2) is 0 Å². The van der Waals surface area contributed by atoms with E-state index in [1.54, 1.807) is 14.0 Å². The molecule has 1 N–H and O–H groups in total. The summed E-state index contributed by atoms with van der Waals surface area (Å²) in [6.07, 6.45) is 4.44. The number of benzene rings is 1. The number of amides is 1. The Morgan fingerprint density at radius 1 is 1.30 bits per heavy atom. The van der Waals surface area contributed by atoms with Crippen molar-refractivity contribution in [3.8, 4) is 23.3 Å². The first-order valence-electron chi connectivity index (χ1n) is 8.93. The van der Waals surface area contributed by atoms with E-state index in [-0.39, 0.29) is 5.91 Å². The molecule has 1 aromatic carbocycles. The molecule has 1 aliphatic rings. The SMILES string of the molecule is COc1ccc(-c2nnc(SC(C)C(=O)NC3(C#N)CCCCC3)o2)cc1. The van der Waals surface area contributed by atoms with Crippen molar-refractivity contribution in [1.29, 1.82) is 5.26 Å². The van der Waals surface area contributed by atoms with Crippen molar-refractivity contribution in [2.75, 3.05) is 7.11 Å². The summed E-state index contributed by atoms with van der Waals surface area (Å²) in [6.45, 7) is 1.77. The smallest absolute Gasteiger partial charge is 0.277 e. The van der Waals surface area contributed by atoms with Crippen molar-refractivity contribution in [1.82, 2.24) is 15.5 Å². The van der Waals surface area contributed by atoms with E-state index < -0.39 is 10.8 Å². The molecule has 0 radical (unpaired) electrons. The van der Waals surface area contributed by atoms with E-state index in [1.807, 2.05) is 24.3 Å². The van der Waals surface area contributed by atoms with Crippen molar-refractivity contribution < 1.29 is 13.9 Å². The zero-order valence-corrected chi connectivity index (χ0v) is 16.2. The van der Waals surface area contributed by atoms with Crippen molar-refractivity contribution in [2.45, 2.75) is 55.0 Å². The van der Waals surface area contributed by atoms with E-state index >= 15 is 0 Å². The molecule has 1 heterocycles. The topological polar surface area (TPSA) is 101 Å². The van der Waals surface area contributed by atoms with E-state index in [0.29, 0.717) is 24.0 Å². The normalized spacial score (nSPS) is 16.9. The van der Waals surface area contributed by atoms with Crippen LogP contribution in [-0.2, 0) is 4.79 Å². The molecule has 1 saturated carbocycles. The number of carbonyl (C=O) groups excluding carboxylic acids is 1. The predicted octanol–water partition coefficient (Wildman–Crippen LogP) is 3.57. The Balaban J connectivity index is 1.62. The van der Waals surface area contributed by atoms with Crippen LogP contribution in [0.15, 0.2) is 33.9 Å². The number of nitrogens with zero attached hydrogens (tertiary/aromatic N) is 3. The van der Waals surface area contributed by atoms with Gasteiger partial charge in [-0.3, -0.25) is 4.79 Å². The maximum atomic E-state index is 12.5. The summed E-state index contributed by atoms with van der Waals surface area (Å²) in [7, 11) is 1.60. The lowest BCUT2D eigenvalue weighted by atomic mass is 9.83. The molecular weight excluding hydrogens is 364 g/mol. The quantitative estimate of drug-likeness (QED) is 0.757. The average Bonchev–Trinajstić information content (AvgIpc) is 3.17. The molecule has 142 valence electrons. The molecule has 8 heteroatoms. The van der Waals surface area contributed by atoms with Crippen LogP contribution in [0.1, 0.15) is 39.0 Å². The maximum Gasteiger partial charge on any atom is 0.277 e. The summed E-state index contributed by atoms with van der Waals surface area (Å²) >= 11 is 1.19. The Morgan fingerprint density at radius 3 is 2.63 bits per heavy atom. The van der Waals surface area contributed by atoms with E-state index in [9.17, 15) is 10.1 Å². The van der Waals surface area contributed by atoms with Gasteiger partial charge in [-0.2, -0.15) is 5.26 Å². The molecule has 1 amide bonds. The summed E-state index contributed by atoms with van der Waals surface area (Å²) in [5.41, 5.74) is 0.0330. The summed E-state index contributed by atoms with van der Waals surface area (Å²) < 4.78 is 10.8. The number of aromatic nitrogens is 2. The van der Waals surface area contributed by atoms with Crippen LogP contribution in [0.3, 0.4) is 0 Å². The first-order chi connectivity index (χ1) is 13.0. The van der Waals surface area contributed by atoms with Crippen molar-refractivity contribution >= 4 is 17.7 Å². The van der Waals surface area contributed by atoms with Crippen molar-refractivity contribution in [2.24, 2.45) is 0 Å². The Bertz CT molecular complexity index is 822. The molecule has 0 spiro atoms. The van der Waals surface area contributed by atoms with Gasteiger partial charge < -0.3 is 14.5 Å². The molecule has 1 aliphatic carbocycles. The van der Waals surface area contributed by atoms with Gasteiger partial charge in [0, 0.05) is 5.56 Å². The minimum absolute atomic E-state index is 0.187. The third kappa shape index (κ3) is 4.61. The number of nitrogens with one attached hydrogen (secondary N) is 1. The first-order valence-corrected chi connectivity index (χ1v) is 9.81. The molecule has 1 fully saturated rings. The lowest BCUT2D eigenvalue weighted by Gasteiger charge is -2.32. The van der Waals surface area contributed by atoms with Crippen LogP contribution >= 0.6 is 11.8 Å². The molecule has 0 aliphatic heterocycles. The van der Waals surface area contributed by atoms with Crippen molar-refractivity contribution in [3.05, 3.63) is 24.3 Å². The number of hydrogen-bond acceptors (Lipinski definition) is 7. The summed E-state index contributed by atoms with van der Waals surface area (Å²) in [5.74, 6) is 0.938. The third-order valence-electron chi connectivity index (χ3n) is 4.67. The van der Waals surface area contributed by atoms with Gasteiger partial charge in [0.2, 0.25) is 11.8 Å². The fraction of sp³-hybridized carbons (Fsp3) is 0.474. The fourth-order valence-electron chi connectivity index (χ4n) is 3.07. The number of hydrogen-bond donors (Lipinski definition) is 1. The molecular formula is C19H22N4O3S. The number of methoxy groups -OCH3 is 1. The monoisotopic (exact) mass is 386 g/mol. The zero-order valence-electron chi connectivity index (χ0n) is 15.4. The van der Waals surface area contributed by atoms with E-state index in [2.05, 4.69) is 21.6 Å². The fourth-order valence-corrected chi connectivity index (χ4v) is 3.75. The Morgan fingerprint density at radius 2 is 2.00 bits per heavy atom. The second-order valence-corrected chi connectivity index (χ2v) is 7.90. The number of thioether (sulfide) groups is 1. The molecule has 27 heavy (non-hydrogen) atoms. The van der Waals surface area contributed by atoms with Gasteiger partial charge in [0.1, 0.15) is 11.3 Å². The molecule has 7 nitrogen and oxygen atoms in total. The minimum atomic E-state index is -0.743. The van der Waals surface area contributed by atoms with Gasteiger partial charge in [0.05, 0.1) is 18.4 Å². The molecule has 1 atom stereocenters. The van der Waals surface area contributed by atoms with Gasteiger partial charge in [-0.1, -0.05) is 31.0 Å². The second-order valence-electron chi connectivity index (χ2n) is 6.61. The average molecular weight is 386 g/mol. The minimum Gasteiger partial charge on any atom is -0.497 e. The lowest BCUT2D eigenvalue weighted by Crippen LogP contribution is -2.50. The number of carbonyl (C=O) groups is 1. The van der Waals surface area contributed by atoms with Gasteiger partial charge in [0.25, 0.3) is 5.22 Å². The molecule has 0 bridgehead atoms. The highest BCUT2D eigenvalue weighted by molar-refractivity contribution is 8.00. The standard InChI is InChI=1S/C19H22N4O3S/c1-13(16(24)21-19(12-20)10-4-3-5-11-19)27-18-23-22-17(26-18)14-6-8-15(25-2)9-7-14/h6-9,13H,3-5,10-11H2,1-2H3,(H,21,24). The largest absolute Gasteiger partial charge is 0.497 e. The Hall–Kier alpha value is -2.53. The van der Waals surface area contributed by atoms with Crippen LogP contribution in [0.4, 0.5) is 0 Å². The number of ether oxygens (including phenoxy) is 1. The van der Waals surface area contributed by atoms with E-state index in [0.717, 1.165) is 30.6 Å². The molecule has 0 saturated heterocycles. The van der Waals surface area contributed by atoms with Crippen molar-refractivity contribution in [3.63, 3.8) is 0 Å². The van der Waals surface area contributed by atoms with E-state index in [4.69, 9.17) is 9.15 Å². The van der Waals surface area contributed by atoms with Crippen LogP contribution in [0, 0.1) is 11.3 Å². The first kappa shape index (κ1) is 19.2. The highest BCUT2D eigenvalue weighted by atomic mass is 32.2. The van der Waals surface area contributed by atoms with Crippen LogP contribution < -0.4 is 10.1 Å². The van der Waals surface area contributed by atoms with Crippen LogP contribution in [0.5, 0.6) is 5.75 Å². The van der Waals surface area contributed by atoms with Gasteiger partial charge in [-0.15, -0.1) is 10.2 Å². The molecule has 1 aromatic heterocycles. The molecule has 1 unspecified atom stereocenters. The summed E-state index contributed by atoms with van der Waals surface area (Å²) in [5, 5.41) is 20.4. The van der Waals surface area contributed by atoms with Crippen LogP contribution in [0.25, 0.3) is 11.5 Å². The summed E-state index contributed by atoms with van der Waals surface area (Å²) in [4.78, 5) is 12.5. The number of rotatable bonds is 6. The lowest BCUT2D eigenvalue weighted by molar-refractivity contribution is -0.122. The Kier molecular flexibility index (Phi) is 6.01. The molecule has 3 rings (SSSR count). The Labute approximate surface area is 162 Å². The van der Waals surface area contributed by atoms with Crippen LogP contribution in [0.2, 0.25) is 0 Å². The summed E-state index contributed by atoms with van der Waals surface area (Å²) in [6, 6.07) is 9.59. The number of nitriles is 1. The maximum absolute atomic E-state index is 12.5. The van der Waals surface area contributed by atoms with Gasteiger partial charge in [-0.05, 0) is 44.0 Å². The molecule has 2 aromatic rings. The van der Waals surface area contributed by atoms with Gasteiger partial charge in [-0.25, -0.2) is 0 Å². The third-order valence-corrected chi connectivity index (χ3v) is 5.61. The van der Waals surface area contributed by atoms with Gasteiger partial charge >= 0.3 is 0 Å². The zero-order chi connectivity index (χ0) is 19.3.